The van der Waals surface area contributed by atoms with Crippen LogP contribution >= 0.6 is 0 Å². The van der Waals surface area contributed by atoms with Crippen molar-refractivity contribution in [3.63, 3.8) is 0 Å². The largest absolute Gasteiger partial charge is 0.322 e. The molecule has 2 aromatic heterocycles. The SMILES string of the molecule is CCc1ncc(NC(=O)N2CCCCC2c2ncn[nH]2)cn1. The van der Waals surface area contributed by atoms with Gasteiger partial charge in [0.25, 0.3) is 0 Å². The van der Waals surface area contributed by atoms with Gasteiger partial charge in [-0.1, -0.05) is 6.92 Å². The molecule has 2 aromatic rings. The minimum atomic E-state index is -0.158. The molecular formula is C14H19N7O. The van der Waals surface area contributed by atoms with Crippen LogP contribution in [-0.4, -0.2) is 42.6 Å². The van der Waals surface area contributed by atoms with E-state index in [1.54, 1.807) is 17.3 Å². The fourth-order valence-corrected chi connectivity index (χ4v) is 2.63. The highest BCUT2D eigenvalue weighted by Gasteiger charge is 2.30. The number of urea groups is 1. The second-order valence-corrected chi connectivity index (χ2v) is 5.25. The first kappa shape index (κ1) is 14.4. The molecular weight excluding hydrogens is 282 g/mol. The van der Waals surface area contributed by atoms with Gasteiger partial charge in [-0.05, 0) is 19.3 Å². The number of carbonyl (C=O) groups excluding carboxylic acids is 1. The maximum absolute atomic E-state index is 12.5. The van der Waals surface area contributed by atoms with E-state index in [0.29, 0.717) is 12.2 Å². The van der Waals surface area contributed by atoms with Crippen molar-refractivity contribution < 1.29 is 4.79 Å². The number of piperidine rings is 1. The lowest BCUT2D eigenvalue weighted by Crippen LogP contribution is -2.41. The van der Waals surface area contributed by atoms with Crippen molar-refractivity contribution in [3.8, 4) is 0 Å². The molecule has 0 saturated carbocycles. The van der Waals surface area contributed by atoms with E-state index in [9.17, 15) is 4.79 Å². The normalized spacial score (nSPS) is 18.2. The zero-order valence-corrected chi connectivity index (χ0v) is 12.5. The molecule has 1 aliphatic rings. The van der Waals surface area contributed by atoms with Crippen LogP contribution in [0.4, 0.5) is 10.5 Å². The number of anilines is 1. The Morgan fingerprint density at radius 2 is 2.18 bits per heavy atom. The number of nitrogens with zero attached hydrogens (tertiary/aromatic N) is 5. The van der Waals surface area contributed by atoms with E-state index in [4.69, 9.17) is 0 Å². The minimum absolute atomic E-state index is 0.0629. The van der Waals surface area contributed by atoms with Crippen molar-refractivity contribution in [2.45, 2.75) is 38.6 Å². The Bertz CT molecular complexity index is 611. The molecule has 1 fully saturated rings. The summed E-state index contributed by atoms with van der Waals surface area (Å²) in [7, 11) is 0. The van der Waals surface area contributed by atoms with Gasteiger partial charge in [0.05, 0.1) is 24.1 Å². The van der Waals surface area contributed by atoms with Gasteiger partial charge in [-0.3, -0.25) is 5.10 Å². The zero-order valence-electron chi connectivity index (χ0n) is 12.5. The van der Waals surface area contributed by atoms with Crippen LogP contribution in [0.3, 0.4) is 0 Å². The van der Waals surface area contributed by atoms with Gasteiger partial charge in [0.15, 0.2) is 0 Å². The van der Waals surface area contributed by atoms with Crippen molar-refractivity contribution in [3.05, 3.63) is 30.4 Å². The highest BCUT2D eigenvalue weighted by molar-refractivity contribution is 5.89. The van der Waals surface area contributed by atoms with Gasteiger partial charge >= 0.3 is 6.03 Å². The fraction of sp³-hybridized carbons (Fsp3) is 0.500. The fourth-order valence-electron chi connectivity index (χ4n) is 2.63. The van der Waals surface area contributed by atoms with E-state index in [1.807, 2.05) is 6.92 Å². The third-order valence-electron chi connectivity index (χ3n) is 3.79. The Kier molecular flexibility index (Phi) is 4.27. The van der Waals surface area contributed by atoms with E-state index in [-0.39, 0.29) is 12.1 Å². The summed E-state index contributed by atoms with van der Waals surface area (Å²) in [5, 5.41) is 9.60. The number of carbonyl (C=O) groups is 1. The molecule has 1 saturated heterocycles. The van der Waals surface area contributed by atoms with E-state index in [0.717, 1.165) is 37.3 Å². The van der Waals surface area contributed by atoms with Crippen LogP contribution in [0.1, 0.15) is 43.9 Å². The molecule has 1 atom stereocenters. The second-order valence-electron chi connectivity index (χ2n) is 5.25. The van der Waals surface area contributed by atoms with Gasteiger partial charge < -0.3 is 10.2 Å². The summed E-state index contributed by atoms with van der Waals surface area (Å²) in [4.78, 5) is 26.9. The standard InChI is InChI=1S/C14H19N7O/c1-2-12-15-7-10(8-16-12)19-14(22)21-6-4-3-5-11(21)13-17-9-18-20-13/h7-9,11H,2-6H2,1H3,(H,19,22)(H,17,18,20). The van der Waals surface area contributed by atoms with Gasteiger partial charge in [0.1, 0.15) is 18.0 Å². The molecule has 3 rings (SSSR count). The summed E-state index contributed by atoms with van der Waals surface area (Å²) < 4.78 is 0. The molecule has 2 amide bonds. The summed E-state index contributed by atoms with van der Waals surface area (Å²) >= 11 is 0. The van der Waals surface area contributed by atoms with E-state index < -0.39 is 0 Å². The average Bonchev–Trinajstić information content (AvgIpc) is 3.10. The van der Waals surface area contributed by atoms with Crippen LogP contribution in [0.2, 0.25) is 0 Å². The Morgan fingerprint density at radius 3 is 2.86 bits per heavy atom. The zero-order chi connectivity index (χ0) is 15.4. The van der Waals surface area contributed by atoms with Crippen LogP contribution in [0.15, 0.2) is 18.7 Å². The molecule has 116 valence electrons. The maximum atomic E-state index is 12.5. The summed E-state index contributed by atoms with van der Waals surface area (Å²) in [6.07, 6.45) is 8.46. The van der Waals surface area contributed by atoms with Crippen molar-refractivity contribution in [2.75, 3.05) is 11.9 Å². The number of amides is 2. The molecule has 22 heavy (non-hydrogen) atoms. The topological polar surface area (TPSA) is 99.7 Å². The molecule has 0 aliphatic carbocycles. The van der Waals surface area contributed by atoms with Crippen LogP contribution in [0, 0.1) is 0 Å². The minimum Gasteiger partial charge on any atom is -0.314 e. The van der Waals surface area contributed by atoms with Gasteiger partial charge in [0.2, 0.25) is 0 Å². The third kappa shape index (κ3) is 3.05. The Balaban J connectivity index is 1.71. The molecule has 2 N–H and O–H groups in total. The van der Waals surface area contributed by atoms with Crippen LogP contribution < -0.4 is 5.32 Å². The van der Waals surface area contributed by atoms with Crippen molar-refractivity contribution >= 4 is 11.7 Å². The Morgan fingerprint density at radius 1 is 1.36 bits per heavy atom. The summed E-state index contributed by atoms with van der Waals surface area (Å²) in [5.74, 6) is 1.49. The lowest BCUT2D eigenvalue weighted by atomic mass is 10.0. The van der Waals surface area contributed by atoms with E-state index in [1.165, 1.54) is 6.33 Å². The van der Waals surface area contributed by atoms with Crippen LogP contribution in [-0.2, 0) is 6.42 Å². The first-order valence-corrected chi connectivity index (χ1v) is 7.51. The van der Waals surface area contributed by atoms with Crippen molar-refractivity contribution in [1.82, 2.24) is 30.0 Å². The molecule has 8 nitrogen and oxygen atoms in total. The van der Waals surface area contributed by atoms with Gasteiger partial charge in [-0.25, -0.2) is 19.7 Å². The second kappa shape index (κ2) is 6.50. The summed E-state index contributed by atoms with van der Waals surface area (Å²) in [5.41, 5.74) is 0.601. The van der Waals surface area contributed by atoms with E-state index in [2.05, 4.69) is 30.5 Å². The number of aromatic amines is 1. The Labute approximate surface area is 128 Å². The molecule has 0 spiro atoms. The first-order valence-electron chi connectivity index (χ1n) is 7.51. The molecule has 0 aromatic carbocycles. The molecule has 8 heteroatoms. The number of nitrogens with one attached hydrogen (secondary N) is 2. The van der Waals surface area contributed by atoms with Gasteiger partial charge in [0, 0.05) is 13.0 Å². The highest BCUT2D eigenvalue weighted by atomic mass is 16.2. The monoisotopic (exact) mass is 301 g/mol. The highest BCUT2D eigenvalue weighted by Crippen LogP contribution is 2.28. The van der Waals surface area contributed by atoms with Crippen LogP contribution in [0.25, 0.3) is 0 Å². The predicted octanol–water partition coefficient (Wildman–Crippen LogP) is 1.92. The molecule has 1 aliphatic heterocycles. The number of likely N-dealkylation sites (tertiary alicyclic amines) is 1. The number of aryl methyl sites for hydroxylation is 1. The van der Waals surface area contributed by atoms with Gasteiger partial charge in [-0.15, -0.1) is 0 Å². The van der Waals surface area contributed by atoms with Crippen molar-refractivity contribution in [2.24, 2.45) is 0 Å². The lowest BCUT2D eigenvalue weighted by molar-refractivity contribution is 0.159. The first-order chi connectivity index (χ1) is 10.8. The maximum Gasteiger partial charge on any atom is 0.322 e. The van der Waals surface area contributed by atoms with E-state index >= 15 is 0 Å². The number of hydrogen-bond donors (Lipinski definition) is 2. The summed E-state index contributed by atoms with van der Waals surface area (Å²) in [6.45, 7) is 2.69. The quantitative estimate of drug-likeness (QED) is 0.902. The predicted molar refractivity (Wildman–Crippen MR) is 80.1 cm³/mol. The average molecular weight is 301 g/mol. The molecule has 0 bridgehead atoms. The van der Waals surface area contributed by atoms with Gasteiger partial charge in [-0.2, -0.15) is 5.10 Å². The smallest absolute Gasteiger partial charge is 0.314 e. The lowest BCUT2D eigenvalue weighted by Gasteiger charge is -2.34. The summed E-state index contributed by atoms with van der Waals surface area (Å²) in [6, 6.07) is -0.221. The van der Waals surface area contributed by atoms with Crippen LogP contribution in [0.5, 0.6) is 0 Å². The Hall–Kier alpha value is -2.51. The molecule has 0 radical (unpaired) electrons. The number of hydrogen-bond acceptors (Lipinski definition) is 5. The molecule has 3 heterocycles. The van der Waals surface area contributed by atoms with Crippen molar-refractivity contribution in [1.29, 1.82) is 0 Å². The third-order valence-corrected chi connectivity index (χ3v) is 3.79. The molecule has 1 unspecified atom stereocenters. The number of rotatable bonds is 3. The number of aromatic nitrogens is 5. The number of H-pyrrole nitrogens is 1.